The lowest BCUT2D eigenvalue weighted by atomic mass is 9.87. The molecule has 4 nitrogen and oxygen atoms in total. The summed E-state index contributed by atoms with van der Waals surface area (Å²) in [5.74, 6) is 1.63. The van der Waals surface area contributed by atoms with Gasteiger partial charge in [-0.05, 0) is 41.3 Å². The van der Waals surface area contributed by atoms with Gasteiger partial charge in [0.2, 0.25) is 0 Å². The Bertz CT molecular complexity index is 795. The molecular formula is C21H26N2O2S. The van der Waals surface area contributed by atoms with Crippen LogP contribution in [0.2, 0.25) is 0 Å². The Morgan fingerprint density at radius 3 is 2.31 bits per heavy atom. The molecule has 3 rings (SSSR count). The molecule has 0 radical (unpaired) electrons. The molecule has 0 aliphatic carbocycles. The van der Waals surface area contributed by atoms with Gasteiger partial charge in [0, 0.05) is 16.7 Å². The highest BCUT2D eigenvalue weighted by Crippen LogP contribution is 2.34. The highest BCUT2D eigenvalue weighted by molar-refractivity contribution is 8.03. The van der Waals surface area contributed by atoms with E-state index in [2.05, 4.69) is 55.7 Å². The maximum Gasteiger partial charge on any atom is 0.127 e. The van der Waals surface area contributed by atoms with Crippen molar-refractivity contribution in [3.8, 4) is 11.5 Å². The van der Waals surface area contributed by atoms with E-state index in [4.69, 9.17) is 9.47 Å². The van der Waals surface area contributed by atoms with E-state index in [1.54, 1.807) is 26.0 Å². The van der Waals surface area contributed by atoms with Gasteiger partial charge in [-0.3, -0.25) is 0 Å². The molecule has 0 spiro atoms. The van der Waals surface area contributed by atoms with Crippen LogP contribution in [0.4, 0.5) is 0 Å². The Labute approximate surface area is 160 Å². The fourth-order valence-electron chi connectivity index (χ4n) is 2.83. The highest BCUT2D eigenvalue weighted by Gasteiger charge is 2.22. The Morgan fingerprint density at radius 1 is 0.962 bits per heavy atom. The maximum atomic E-state index is 5.49. The van der Waals surface area contributed by atoms with Gasteiger partial charge in [-0.15, -0.1) is 0 Å². The molecule has 26 heavy (non-hydrogen) atoms. The second-order valence-electron chi connectivity index (χ2n) is 7.24. The third-order valence-corrected chi connectivity index (χ3v) is 5.33. The molecule has 0 fully saturated rings. The van der Waals surface area contributed by atoms with E-state index in [-0.39, 0.29) is 11.6 Å². The lowest BCUT2D eigenvalue weighted by Gasteiger charge is -2.19. The van der Waals surface area contributed by atoms with Crippen LogP contribution in [-0.4, -0.2) is 14.2 Å². The molecule has 1 heterocycles. The summed E-state index contributed by atoms with van der Waals surface area (Å²) in [7, 11) is 3.35. The number of rotatable bonds is 5. The molecule has 5 heteroatoms. The summed E-state index contributed by atoms with van der Waals surface area (Å²) >= 11 is 1.71. The summed E-state index contributed by atoms with van der Waals surface area (Å²) in [6.07, 6.45) is 1.96. The van der Waals surface area contributed by atoms with E-state index in [0.29, 0.717) is 0 Å². The van der Waals surface area contributed by atoms with Gasteiger partial charge in [0.15, 0.2) is 0 Å². The van der Waals surface area contributed by atoms with Gasteiger partial charge in [-0.2, -0.15) is 0 Å². The molecule has 0 bridgehead atoms. The van der Waals surface area contributed by atoms with Crippen LogP contribution in [0.25, 0.3) is 0 Å². The van der Waals surface area contributed by atoms with Crippen LogP contribution in [0, 0.1) is 0 Å². The van der Waals surface area contributed by atoms with E-state index < -0.39 is 0 Å². The predicted octanol–water partition coefficient (Wildman–Crippen LogP) is 4.78. The summed E-state index contributed by atoms with van der Waals surface area (Å²) in [5.41, 5.74) is 2.53. The molecule has 0 saturated heterocycles. The van der Waals surface area contributed by atoms with E-state index in [0.717, 1.165) is 22.1 Å². The van der Waals surface area contributed by atoms with Crippen molar-refractivity contribution in [2.45, 2.75) is 37.2 Å². The summed E-state index contributed by atoms with van der Waals surface area (Å²) in [6, 6.07) is 14.6. The normalized spacial score (nSPS) is 16.5. The van der Waals surface area contributed by atoms with E-state index in [1.165, 1.54) is 10.5 Å². The molecule has 1 aliphatic rings. The molecule has 1 atom stereocenters. The van der Waals surface area contributed by atoms with Gasteiger partial charge in [0.1, 0.15) is 17.7 Å². The average Bonchev–Trinajstić information content (AvgIpc) is 3.09. The quantitative estimate of drug-likeness (QED) is 0.792. The van der Waals surface area contributed by atoms with Crippen LogP contribution in [-0.2, 0) is 5.41 Å². The first kappa shape index (κ1) is 18.5. The number of nitrogens with one attached hydrogen (secondary N) is 2. The minimum Gasteiger partial charge on any atom is -0.497 e. The largest absolute Gasteiger partial charge is 0.497 e. The van der Waals surface area contributed by atoms with Crippen LogP contribution in [0.1, 0.15) is 38.1 Å². The van der Waals surface area contributed by atoms with Gasteiger partial charge in [-0.25, -0.2) is 0 Å². The zero-order chi connectivity index (χ0) is 18.7. The van der Waals surface area contributed by atoms with Crippen LogP contribution in [0.15, 0.2) is 58.6 Å². The second-order valence-corrected chi connectivity index (χ2v) is 8.35. The lowest BCUT2D eigenvalue weighted by Crippen LogP contribution is -2.22. The van der Waals surface area contributed by atoms with Crippen molar-refractivity contribution in [3.63, 3.8) is 0 Å². The SMILES string of the molecule is COc1ccc(OC)c(C2NC=C(Sc3ccc(C(C)(C)C)cc3)N2)c1. The number of thioether (sulfide) groups is 1. The average molecular weight is 371 g/mol. The number of methoxy groups -OCH3 is 2. The smallest absolute Gasteiger partial charge is 0.127 e. The fraction of sp³-hybridized carbons (Fsp3) is 0.333. The third kappa shape index (κ3) is 4.10. The zero-order valence-corrected chi connectivity index (χ0v) is 16.7. The maximum absolute atomic E-state index is 5.49. The molecule has 1 unspecified atom stereocenters. The summed E-state index contributed by atoms with van der Waals surface area (Å²) in [5, 5.41) is 7.95. The van der Waals surface area contributed by atoms with Crippen molar-refractivity contribution >= 4 is 11.8 Å². The van der Waals surface area contributed by atoms with Gasteiger partial charge >= 0.3 is 0 Å². The summed E-state index contributed by atoms with van der Waals surface area (Å²) in [4.78, 5) is 1.21. The summed E-state index contributed by atoms with van der Waals surface area (Å²) in [6.45, 7) is 6.69. The fourth-order valence-corrected chi connectivity index (χ4v) is 3.66. The zero-order valence-electron chi connectivity index (χ0n) is 15.9. The van der Waals surface area contributed by atoms with Crippen molar-refractivity contribution in [1.82, 2.24) is 10.6 Å². The molecule has 1 aliphatic heterocycles. The van der Waals surface area contributed by atoms with E-state index in [1.807, 2.05) is 24.4 Å². The number of benzene rings is 2. The minimum atomic E-state index is -0.0450. The monoisotopic (exact) mass is 370 g/mol. The molecule has 0 amide bonds. The molecule has 0 saturated carbocycles. The van der Waals surface area contributed by atoms with Gasteiger partial charge in [-0.1, -0.05) is 44.7 Å². The van der Waals surface area contributed by atoms with E-state index >= 15 is 0 Å². The Balaban J connectivity index is 1.69. The molecule has 138 valence electrons. The molecule has 0 aromatic heterocycles. The van der Waals surface area contributed by atoms with Crippen LogP contribution in [0.5, 0.6) is 11.5 Å². The topological polar surface area (TPSA) is 42.5 Å². The Morgan fingerprint density at radius 2 is 1.69 bits per heavy atom. The van der Waals surface area contributed by atoms with Gasteiger partial charge in [0.25, 0.3) is 0 Å². The molecule has 2 aromatic rings. The standard InChI is InChI=1S/C21H26N2O2S/c1-21(2,3)14-6-9-16(10-7-14)26-19-13-22-20(23-19)17-12-15(24-4)8-11-18(17)25-5/h6-13,20,22-23H,1-5H3. The highest BCUT2D eigenvalue weighted by atomic mass is 32.2. The van der Waals surface area contributed by atoms with E-state index in [9.17, 15) is 0 Å². The summed E-state index contributed by atoms with van der Waals surface area (Å²) < 4.78 is 10.8. The second kappa shape index (κ2) is 7.54. The van der Waals surface area contributed by atoms with Crippen LogP contribution >= 0.6 is 11.8 Å². The predicted molar refractivity (Wildman–Crippen MR) is 108 cm³/mol. The Hall–Kier alpha value is -2.27. The Kier molecular flexibility index (Phi) is 5.37. The van der Waals surface area contributed by atoms with Crippen molar-refractivity contribution in [3.05, 3.63) is 64.8 Å². The van der Waals surface area contributed by atoms with Crippen molar-refractivity contribution in [2.24, 2.45) is 0 Å². The van der Waals surface area contributed by atoms with Crippen molar-refractivity contribution < 1.29 is 9.47 Å². The number of hydrogen-bond donors (Lipinski definition) is 2. The van der Waals surface area contributed by atoms with Gasteiger partial charge < -0.3 is 20.1 Å². The van der Waals surface area contributed by atoms with Crippen molar-refractivity contribution in [1.29, 1.82) is 0 Å². The van der Waals surface area contributed by atoms with Crippen LogP contribution < -0.4 is 20.1 Å². The van der Waals surface area contributed by atoms with Gasteiger partial charge in [0.05, 0.1) is 19.2 Å². The first-order chi connectivity index (χ1) is 12.4. The molecule has 2 aromatic carbocycles. The number of hydrogen-bond acceptors (Lipinski definition) is 5. The van der Waals surface area contributed by atoms with Crippen molar-refractivity contribution in [2.75, 3.05) is 14.2 Å². The number of ether oxygens (including phenoxy) is 2. The molecule has 2 N–H and O–H groups in total. The van der Waals surface area contributed by atoms with Crippen LogP contribution in [0.3, 0.4) is 0 Å². The first-order valence-corrected chi connectivity index (χ1v) is 9.45. The third-order valence-electron chi connectivity index (χ3n) is 4.36. The minimum absolute atomic E-state index is 0.0450. The molecular weight excluding hydrogens is 344 g/mol. The first-order valence-electron chi connectivity index (χ1n) is 8.64. The lowest BCUT2D eigenvalue weighted by molar-refractivity contribution is 0.391.